The molecule has 1 saturated heterocycles. The Hall–Kier alpha value is -2.81. The van der Waals surface area contributed by atoms with Gasteiger partial charge in [-0.3, -0.25) is 18.7 Å². The Kier molecular flexibility index (Phi) is 9.15. The van der Waals surface area contributed by atoms with Crippen LogP contribution in [-0.2, 0) is 28.4 Å². The van der Waals surface area contributed by atoms with Crippen LogP contribution < -0.4 is 10.4 Å². The predicted octanol–water partition coefficient (Wildman–Crippen LogP) is 2.16. The Morgan fingerprint density at radius 2 is 1.53 bits per heavy atom. The predicted molar refractivity (Wildman–Crippen MR) is 131 cm³/mol. The summed E-state index contributed by atoms with van der Waals surface area (Å²) in [4.78, 5) is 39.0. The molecule has 2 heterocycles. The molecule has 0 atom stereocenters. The molecule has 0 N–H and O–H groups in total. The first-order valence-electron chi connectivity index (χ1n) is 12.1. The number of carbonyl (C=O) groups excluding carboxylic acids is 2. The van der Waals surface area contributed by atoms with Crippen molar-refractivity contribution in [2.45, 2.75) is 39.0 Å². The number of nitrogens with zero attached hydrogens (tertiary/aromatic N) is 4. The molecule has 2 aromatic rings. The highest BCUT2D eigenvalue weighted by atomic mass is 16.5. The zero-order valence-corrected chi connectivity index (χ0v) is 20.9. The van der Waals surface area contributed by atoms with Crippen molar-refractivity contribution in [3.63, 3.8) is 0 Å². The molecule has 0 spiro atoms. The number of benzene rings is 1. The fraction of sp³-hybridized carbons (Fsp3) is 0.640. The first-order valence-corrected chi connectivity index (χ1v) is 12.1. The van der Waals surface area contributed by atoms with Crippen LogP contribution in [0.2, 0.25) is 0 Å². The highest BCUT2D eigenvalue weighted by Gasteiger charge is 2.28. The molecule has 2 fully saturated rings. The van der Waals surface area contributed by atoms with Gasteiger partial charge in [0.2, 0.25) is 11.8 Å². The third-order valence-electron chi connectivity index (χ3n) is 6.79. The smallest absolute Gasteiger partial charge is 0.328 e. The number of methoxy groups -OCH3 is 1. The van der Waals surface area contributed by atoms with E-state index in [0.29, 0.717) is 32.2 Å². The van der Waals surface area contributed by atoms with Gasteiger partial charge in [-0.05, 0) is 25.0 Å². The summed E-state index contributed by atoms with van der Waals surface area (Å²) in [5, 5.41) is 0. The molecule has 1 saturated carbocycles. The Balaban J connectivity index is 0.000000191. The summed E-state index contributed by atoms with van der Waals surface area (Å²) < 4.78 is 13.7. The Labute approximate surface area is 201 Å². The molecule has 4 rings (SSSR count). The zero-order chi connectivity index (χ0) is 24.7. The fourth-order valence-corrected chi connectivity index (χ4v) is 4.67. The molecule has 1 aromatic carbocycles. The lowest BCUT2D eigenvalue weighted by atomic mass is 9.88. The number of hydrogen-bond donors (Lipinski definition) is 0. The van der Waals surface area contributed by atoms with E-state index in [9.17, 15) is 14.4 Å². The second-order valence-corrected chi connectivity index (χ2v) is 9.06. The van der Waals surface area contributed by atoms with Gasteiger partial charge in [-0.15, -0.1) is 0 Å². The van der Waals surface area contributed by atoms with E-state index in [1.165, 1.54) is 19.3 Å². The van der Waals surface area contributed by atoms with E-state index in [0.717, 1.165) is 42.7 Å². The second kappa shape index (κ2) is 12.1. The Morgan fingerprint density at radius 1 is 0.912 bits per heavy atom. The molecule has 2 aliphatic rings. The molecular weight excluding hydrogens is 436 g/mol. The molecule has 1 aliphatic heterocycles. The highest BCUT2D eigenvalue weighted by molar-refractivity contribution is 5.80. The summed E-state index contributed by atoms with van der Waals surface area (Å²) in [6.45, 7) is 5.48. The van der Waals surface area contributed by atoms with Crippen LogP contribution in [0, 0.1) is 5.92 Å². The highest BCUT2D eigenvalue weighted by Crippen LogP contribution is 2.25. The van der Waals surface area contributed by atoms with Crippen molar-refractivity contribution < 1.29 is 19.1 Å². The van der Waals surface area contributed by atoms with E-state index in [4.69, 9.17) is 9.47 Å². The Morgan fingerprint density at radius 3 is 2.15 bits per heavy atom. The minimum atomic E-state index is -0.0333. The molecule has 0 unspecified atom stereocenters. The van der Waals surface area contributed by atoms with Gasteiger partial charge in [0, 0.05) is 66.3 Å². The number of aryl methyl sites for hydroxylation is 2. The van der Waals surface area contributed by atoms with Gasteiger partial charge in [0.05, 0.1) is 17.6 Å². The molecule has 9 heteroatoms. The van der Waals surface area contributed by atoms with Gasteiger partial charge in [0.15, 0.2) is 0 Å². The summed E-state index contributed by atoms with van der Waals surface area (Å²) >= 11 is 0. The van der Waals surface area contributed by atoms with Crippen molar-refractivity contribution in [1.29, 1.82) is 0 Å². The number of amides is 2. The zero-order valence-electron chi connectivity index (χ0n) is 20.9. The van der Waals surface area contributed by atoms with Gasteiger partial charge in [-0.2, -0.15) is 0 Å². The van der Waals surface area contributed by atoms with Gasteiger partial charge in [0.1, 0.15) is 12.4 Å². The number of fused-ring (bicyclic) bond motifs is 1. The van der Waals surface area contributed by atoms with Crippen LogP contribution in [0.25, 0.3) is 11.0 Å². The number of aromatic nitrogens is 2. The van der Waals surface area contributed by atoms with Crippen LogP contribution in [-0.4, -0.2) is 77.3 Å². The first-order chi connectivity index (χ1) is 16.3. The van der Waals surface area contributed by atoms with Crippen LogP contribution in [0.15, 0.2) is 23.0 Å². The number of rotatable bonds is 5. The maximum absolute atomic E-state index is 12.3. The lowest BCUT2D eigenvalue weighted by Gasteiger charge is -2.36. The number of hydrogen-bond acceptors (Lipinski definition) is 5. The third-order valence-corrected chi connectivity index (χ3v) is 6.79. The van der Waals surface area contributed by atoms with Gasteiger partial charge in [-0.25, -0.2) is 4.79 Å². The van der Waals surface area contributed by atoms with E-state index in [-0.39, 0.29) is 17.5 Å². The van der Waals surface area contributed by atoms with Crippen molar-refractivity contribution in [3.8, 4) is 5.75 Å². The van der Waals surface area contributed by atoms with Gasteiger partial charge in [0.25, 0.3) is 0 Å². The molecule has 0 radical (unpaired) electrons. The Bertz CT molecular complexity index is 1030. The first kappa shape index (κ1) is 25.8. The molecule has 1 aromatic heterocycles. The minimum absolute atomic E-state index is 0.0333. The topological polar surface area (TPSA) is 86.0 Å². The summed E-state index contributed by atoms with van der Waals surface area (Å²) in [5.74, 6) is 1.45. The fourth-order valence-electron chi connectivity index (χ4n) is 4.67. The average molecular weight is 475 g/mol. The standard InChI is InChI=1S/C13H22N2O2.C12H16N2O3/c1-11(16)14-7-9-15(10-8-14)13(17)12-5-3-2-4-6-12;1-13-10-5-4-9(17-7-6-16-3)8-11(10)14(2)12(13)15/h12H,2-10H2,1H3;4-5,8H,6-7H2,1-3H3. The summed E-state index contributed by atoms with van der Waals surface area (Å²) in [5.41, 5.74) is 1.73. The largest absolute Gasteiger partial charge is 0.491 e. The summed E-state index contributed by atoms with van der Waals surface area (Å²) in [7, 11) is 5.15. The number of imidazole rings is 1. The van der Waals surface area contributed by atoms with Crippen molar-refractivity contribution in [3.05, 3.63) is 28.7 Å². The molecule has 1 aliphatic carbocycles. The molecular formula is C25H38N4O5. The van der Waals surface area contributed by atoms with E-state index in [1.807, 2.05) is 28.0 Å². The quantitative estimate of drug-likeness (QED) is 0.620. The summed E-state index contributed by atoms with van der Waals surface area (Å²) in [6, 6.07) is 5.61. The lowest BCUT2D eigenvalue weighted by Crippen LogP contribution is -2.51. The SMILES string of the molecule is CC(=O)N1CCN(C(=O)C2CCCCC2)CC1.COCCOc1ccc2c(c1)n(C)c(=O)n2C. The number of ether oxygens (including phenoxy) is 2. The molecule has 0 bridgehead atoms. The van der Waals surface area contributed by atoms with E-state index in [1.54, 1.807) is 37.3 Å². The van der Waals surface area contributed by atoms with Crippen molar-refractivity contribution >= 4 is 22.8 Å². The monoisotopic (exact) mass is 474 g/mol. The van der Waals surface area contributed by atoms with Crippen molar-refractivity contribution in [1.82, 2.24) is 18.9 Å². The van der Waals surface area contributed by atoms with Crippen LogP contribution in [0.4, 0.5) is 0 Å². The van der Waals surface area contributed by atoms with Gasteiger partial charge >= 0.3 is 5.69 Å². The van der Waals surface area contributed by atoms with Crippen molar-refractivity contribution in [2.24, 2.45) is 20.0 Å². The second-order valence-electron chi connectivity index (χ2n) is 9.06. The number of carbonyl (C=O) groups is 2. The molecule has 34 heavy (non-hydrogen) atoms. The van der Waals surface area contributed by atoms with E-state index < -0.39 is 0 Å². The van der Waals surface area contributed by atoms with Crippen molar-refractivity contribution in [2.75, 3.05) is 46.5 Å². The third kappa shape index (κ3) is 6.20. The van der Waals surface area contributed by atoms with Crippen LogP contribution >= 0.6 is 0 Å². The van der Waals surface area contributed by atoms with E-state index >= 15 is 0 Å². The average Bonchev–Trinajstić information content (AvgIpc) is 3.08. The van der Waals surface area contributed by atoms with Gasteiger partial charge < -0.3 is 19.3 Å². The normalized spacial score (nSPS) is 16.8. The molecule has 2 amide bonds. The van der Waals surface area contributed by atoms with E-state index in [2.05, 4.69) is 0 Å². The maximum Gasteiger partial charge on any atom is 0.328 e. The lowest BCUT2D eigenvalue weighted by molar-refractivity contribution is -0.142. The van der Waals surface area contributed by atoms with Crippen LogP contribution in [0.5, 0.6) is 5.75 Å². The maximum atomic E-state index is 12.3. The van der Waals surface area contributed by atoms with Crippen LogP contribution in [0.3, 0.4) is 0 Å². The summed E-state index contributed by atoms with van der Waals surface area (Å²) in [6.07, 6.45) is 5.80. The van der Waals surface area contributed by atoms with Crippen LogP contribution in [0.1, 0.15) is 39.0 Å². The number of piperazine rings is 1. The minimum Gasteiger partial charge on any atom is -0.491 e. The molecule has 9 nitrogen and oxygen atoms in total. The van der Waals surface area contributed by atoms with Gasteiger partial charge in [-0.1, -0.05) is 19.3 Å². The molecule has 188 valence electrons.